The number of carbonyl (C=O) groups excluding carboxylic acids is 3. The van der Waals surface area contributed by atoms with Crippen LogP contribution in [0.2, 0.25) is 5.02 Å². The van der Waals surface area contributed by atoms with Crippen molar-refractivity contribution in [1.82, 2.24) is 14.5 Å². The number of aromatic amines is 1. The molecular formula is C31H26ClF3N4O7. The number of benzene rings is 2. The summed E-state index contributed by atoms with van der Waals surface area (Å²) in [6, 6.07) is 11.1. The van der Waals surface area contributed by atoms with Gasteiger partial charge in [-0.25, -0.2) is 9.89 Å². The predicted molar refractivity (Wildman–Crippen MR) is 161 cm³/mol. The van der Waals surface area contributed by atoms with E-state index in [4.69, 9.17) is 21.2 Å². The van der Waals surface area contributed by atoms with Crippen molar-refractivity contribution >= 4 is 35.1 Å². The standard InChI is InChI=1S/C31H26ClF3N4O7/c1-30(2,3)45-29(44)46-39-23(14-25(41)37-39)16-4-7-18(8-5-16)36-26(42)15-38-22-10-11-24(40)28(22)20(13-27(38)43)19-12-17(32)6-9-21(19)31(33,34)35/h4-9,12-14H,10-11,15H2,1-3H3,(H,36,42)(H,37,41). The molecule has 0 fully saturated rings. The third-order valence-corrected chi connectivity index (χ3v) is 7.12. The summed E-state index contributed by atoms with van der Waals surface area (Å²) >= 11 is 5.99. The monoisotopic (exact) mass is 658 g/mol. The molecule has 240 valence electrons. The number of hydrogen-bond acceptors (Lipinski definition) is 7. The number of ether oxygens (including phenoxy) is 1. The molecule has 0 saturated carbocycles. The Bertz CT molecular complexity index is 1990. The van der Waals surface area contributed by atoms with Crippen LogP contribution in [-0.2, 0) is 28.7 Å². The van der Waals surface area contributed by atoms with E-state index in [0.717, 1.165) is 33.7 Å². The van der Waals surface area contributed by atoms with Crippen LogP contribution in [0.4, 0.5) is 23.7 Å². The van der Waals surface area contributed by atoms with E-state index >= 15 is 0 Å². The molecule has 2 heterocycles. The Labute approximate surface area is 263 Å². The number of rotatable bonds is 6. The SMILES string of the molecule is CC(C)(C)OC(=O)On1[nH]c(=O)cc1-c1ccc(NC(=O)Cn2c3c(c(-c4cc(Cl)ccc4C(F)(F)F)cc2=O)C(=O)CC3)cc1. The molecule has 2 aromatic heterocycles. The van der Waals surface area contributed by atoms with Crippen LogP contribution >= 0.6 is 11.6 Å². The third-order valence-electron chi connectivity index (χ3n) is 6.88. The summed E-state index contributed by atoms with van der Waals surface area (Å²) < 4.78 is 47.6. The zero-order valence-corrected chi connectivity index (χ0v) is 25.3. The minimum Gasteiger partial charge on any atom is -0.427 e. The fourth-order valence-corrected chi connectivity index (χ4v) is 5.23. The molecule has 0 unspecified atom stereocenters. The molecule has 15 heteroatoms. The summed E-state index contributed by atoms with van der Waals surface area (Å²) in [7, 11) is 0. The van der Waals surface area contributed by atoms with Crippen molar-refractivity contribution in [3.8, 4) is 22.4 Å². The Balaban J connectivity index is 1.38. The number of nitrogens with one attached hydrogen (secondary N) is 2. The highest BCUT2D eigenvalue weighted by Crippen LogP contribution is 2.41. The molecule has 46 heavy (non-hydrogen) atoms. The van der Waals surface area contributed by atoms with E-state index in [0.29, 0.717) is 11.3 Å². The summed E-state index contributed by atoms with van der Waals surface area (Å²) in [6.07, 6.45) is -5.80. The molecule has 5 rings (SSSR count). The number of Topliss-reactive ketones (excluding diaryl/α,β-unsaturated/α-hetero) is 1. The van der Waals surface area contributed by atoms with Gasteiger partial charge in [0, 0.05) is 51.6 Å². The van der Waals surface area contributed by atoms with Crippen molar-refractivity contribution < 1.29 is 37.1 Å². The van der Waals surface area contributed by atoms with Gasteiger partial charge < -0.3 is 14.6 Å². The van der Waals surface area contributed by atoms with E-state index < -0.39 is 58.4 Å². The minimum absolute atomic E-state index is 0.00729. The van der Waals surface area contributed by atoms with Gasteiger partial charge in [0.15, 0.2) is 5.78 Å². The first kappa shape index (κ1) is 32.3. The van der Waals surface area contributed by atoms with E-state index in [-0.39, 0.29) is 40.4 Å². The lowest BCUT2D eigenvalue weighted by atomic mass is 9.94. The van der Waals surface area contributed by atoms with Gasteiger partial charge in [-0.15, -0.1) is 4.85 Å². The van der Waals surface area contributed by atoms with Gasteiger partial charge in [-0.3, -0.25) is 24.0 Å². The normalized spacial score (nSPS) is 13.0. The Morgan fingerprint density at radius 1 is 0.957 bits per heavy atom. The zero-order chi connectivity index (χ0) is 33.6. The van der Waals surface area contributed by atoms with Gasteiger partial charge in [0.25, 0.3) is 11.1 Å². The molecule has 0 aliphatic heterocycles. The van der Waals surface area contributed by atoms with Gasteiger partial charge in [0.1, 0.15) is 17.8 Å². The van der Waals surface area contributed by atoms with Crippen molar-refractivity contribution in [2.45, 2.75) is 51.9 Å². The quantitative estimate of drug-likeness (QED) is 0.262. The van der Waals surface area contributed by atoms with Gasteiger partial charge in [-0.2, -0.15) is 13.2 Å². The molecule has 1 aliphatic carbocycles. The molecule has 0 saturated heterocycles. The Morgan fingerprint density at radius 3 is 2.30 bits per heavy atom. The van der Waals surface area contributed by atoms with Gasteiger partial charge in [0.2, 0.25) is 5.91 Å². The van der Waals surface area contributed by atoms with Gasteiger partial charge in [-0.05, 0) is 63.1 Å². The fraction of sp³-hybridized carbons (Fsp3) is 0.258. The lowest BCUT2D eigenvalue weighted by Crippen LogP contribution is -2.31. The number of H-pyrrole nitrogens is 1. The molecular weight excluding hydrogens is 633 g/mol. The smallest absolute Gasteiger partial charge is 0.427 e. The Kier molecular flexibility index (Phi) is 8.43. The number of nitrogens with zero attached hydrogens (tertiary/aromatic N) is 2. The van der Waals surface area contributed by atoms with Crippen molar-refractivity contribution in [2.75, 3.05) is 5.32 Å². The van der Waals surface area contributed by atoms with E-state index in [1.807, 2.05) is 0 Å². The highest BCUT2D eigenvalue weighted by Gasteiger charge is 2.36. The number of hydrogen-bond donors (Lipinski definition) is 2. The van der Waals surface area contributed by atoms with Gasteiger partial charge in [-0.1, -0.05) is 23.7 Å². The van der Waals surface area contributed by atoms with Crippen molar-refractivity contribution in [1.29, 1.82) is 0 Å². The van der Waals surface area contributed by atoms with Crippen molar-refractivity contribution in [3.05, 3.63) is 97.1 Å². The first-order chi connectivity index (χ1) is 21.5. The molecule has 11 nitrogen and oxygen atoms in total. The van der Waals surface area contributed by atoms with E-state index in [1.165, 1.54) is 30.3 Å². The van der Waals surface area contributed by atoms with Crippen LogP contribution in [0.25, 0.3) is 22.4 Å². The molecule has 1 amide bonds. The summed E-state index contributed by atoms with van der Waals surface area (Å²) in [5, 5.41) is 4.96. The highest BCUT2D eigenvalue weighted by atomic mass is 35.5. The molecule has 2 N–H and O–H groups in total. The van der Waals surface area contributed by atoms with E-state index in [2.05, 4.69) is 10.4 Å². The van der Waals surface area contributed by atoms with Crippen molar-refractivity contribution in [3.63, 3.8) is 0 Å². The molecule has 1 aliphatic rings. The summed E-state index contributed by atoms with van der Waals surface area (Å²) in [4.78, 5) is 69.0. The first-order valence-electron chi connectivity index (χ1n) is 13.8. The molecule has 2 aromatic carbocycles. The second-order valence-electron chi connectivity index (χ2n) is 11.4. The van der Waals surface area contributed by atoms with Gasteiger partial charge in [0.05, 0.1) is 5.56 Å². The second-order valence-corrected chi connectivity index (χ2v) is 11.8. The lowest BCUT2D eigenvalue weighted by molar-refractivity contribution is -0.137. The molecule has 0 spiro atoms. The summed E-state index contributed by atoms with van der Waals surface area (Å²) in [5.41, 5.74) is -2.77. The van der Waals surface area contributed by atoms with E-state index in [1.54, 1.807) is 20.8 Å². The Hall–Kier alpha value is -5.11. The molecule has 0 radical (unpaired) electrons. The number of aromatic nitrogens is 3. The van der Waals surface area contributed by atoms with Crippen molar-refractivity contribution in [2.24, 2.45) is 0 Å². The average Bonchev–Trinajstić information content (AvgIpc) is 3.50. The number of pyridine rings is 1. The van der Waals surface area contributed by atoms with Crippen LogP contribution < -0.4 is 21.3 Å². The summed E-state index contributed by atoms with van der Waals surface area (Å²) in [5.74, 6) is -1.10. The van der Waals surface area contributed by atoms with Crippen LogP contribution in [-0.4, -0.2) is 38.0 Å². The maximum Gasteiger partial charge on any atom is 0.535 e. The number of alkyl halides is 3. The maximum atomic E-state index is 13.8. The fourth-order valence-electron chi connectivity index (χ4n) is 5.06. The van der Waals surface area contributed by atoms with Crippen LogP contribution in [0.3, 0.4) is 0 Å². The zero-order valence-electron chi connectivity index (χ0n) is 24.6. The van der Waals surface area contributed by atoms with Crippen LogP contribution in [0.5, 0.6) is 0 Å². The number of ketones is 1. The summed E-state index contributed by atoms with van der Waals surface area (Å²) in [6.45, 7) is 4.42. The highest BCUT2D eigenvalue weighted by molar-refractivity contribution is 6.31. The predicted octanol–water partition coefficient (Wildman–Crippen LogP) is 5.48. The number of carbonyl (C=O) groups is 3. The number of halogens is 4. The van der Waals surface area contributed by atoms with Gasteiger partial charge >= 0.3 is 12.3 Å². The topological polar surface area (TPSA) is 141 Å². The number of fused-ring (bicyclic) bond motifs is 1. The van der Waals surface area contributed by atoms with Crippen LogP contribution in [0, 0.1) is 0 Å². The maximum absolute atomic E-state index is 13.8. The third kappa shape index (κ3) is 6.91. The van der Waals surface area contributed by atoms with Crippen LogP contribution in [0.15, 0.2) is 64.2 Å². The Morgan fingerprint density at radius 2 is 1.65 bits per heavy atom. The molecule has 0 atom stereocenters. The molecule has 4 aromatic rings. The number of amides is 1. The average molecular weight is 659 g/mol. The number of anilines is 1. The first-order valence-corrected chi connectivity index (χ1v) is 14.2. The van der Waals surface area contributed by atoms with Crippen LogP contribution in [0.1, 0.15) is 48.8 Å². The molecule has 0 bridgehead atoms. The largest absolute Gasteiger partial charge is 0.535 e. The second kappa shape index (κ2) is 12.0. The lowest BCUT2D eigenvalue weighted by Gasteiger charge is -2.19. The van der Waals surface area contributed by atoms with E-state index in [9.17, 15) is 37.1 Å². The minimum atomic E-state index is -4.78.